The Labute approximate surface area is 491 Å². The van der Waals surface area contributed by atoms with Gasteiger partial charge in [-0.2, -0.15) is 0 Å². The van der Waals surface area contributed by atoms with Crippen molar-refractivity contribution in [2.75, 3.05) is 261 Å². The lowest BCUT2D eigenvalue weighted by atomic mass is 10.2. The van der Waals surface area contributed by atoms with Crippen molar-refractivity contribution in [1.82, 2.24) is 68.6 Å². The quantitative estimate of drug-likeness (QED) is 0.424. The van der Waals surface area contributed by atoms with Gasteiger partial charge in [0.05, 0.1) is 18.8 Å². The molecule has 476 valence electrons. The number of piperazine rings is 5. The van der Waals surface area contributed by atoms with Crippen molar-refractivity contribution in [2.24, 2.45) is 0 Å². The Morgan fingerprint density at radius 3 is 1.06 bits per heavy atom. The molecule has 7 heterocycles. The molecule has 1 aliphatic carbocycles. The molecule has 8 rings (SSSR count). The number of rotatable bonds is 4. The van der Waals surface area contributed by atoms with Gasteiger partial charge in [-0.25, -0.2) is 9.59 Å². The average Bonchev–Trinajstić information content (AvgIpc) is 4.18. The van der Waals surface area contributed by atoms with E-state index in [1.54, 1.807) is 16.7 Å². The number of aliphatic hydroxyl groups excluding tert-OH is 2. The number of hydrogen-bond donors (Lipinski definition) is 2. The molecule has 0 aromatic heterocycles. The number of carbonyl (C=O) groups excluding carboxylic acids is 3. The van der Waals surface area contributed by atoms with E-state index in [1.807, 2.05) is 72.7 Å². The Kier molecular flexibility index (Phi) is 43.5. The summed E-state index contributed by atoms with van der Waals surface area (Å²) in [7, 11) is 24.8. The van der Waals surface area contributed by atoms with Gasteiger partial charge in [0.15, 0.2) is 0 Å². The first-order chi connectivity index (χ1) is 37.6. The van der Waals surface area contributed by atoms with Crippen LogP contribution in [0.25, 0.3) is 0 Å². The molecule has 0 aromatic carbocycles. The molecule has 0 spiro atoms. The van der Waals surface area contributed by atoms with Gasteiger partial charge in [0.2, 0.25) is 5.91 Å². The van der Waals surface area contributed by atoms with Crippen LogP contribution in [0, 0.1) is 0 Å². The van der Waals surface area contributed by atoms with E-state index in [0.717, 1.165) is 130 Å². The van der Waals surface area contributed by atoms with Crippen LogP contribution in [0.5, 0.6) is 0 Å². The van der Waals surface area contributed by atoms with Crippen molar-refractivity contribution in [1.29, 1.82) is 0 Å². The van der Waals surface area contributed by atoms with E-state index in [9.17, 15) is 14.4 Å². The zero-order valence-electron chi connectivity index (χ0n) is 55.3. The molecular weight excluding hydrogens is 1020 g/mol. The summed E-state index contributed by atoms with van der Waals surface area (Å²) in [6.07, 6.45) is 7.31. The van der Waals surface area contributed by atoms with Gasteiger partial charge in [-0.3, -0.25) is 9.69 Å². The van der Waals surface area contributed by atoms with Gasteiger partial charge < -0.3 is 83.4 Å². The molecule has 0 aromatic rings. The first kappa shape index (κ1) is 77.5. The zero-order chi connectivity index (χ0) is 60.8. The number of carbonyl (C=O) groups is 3. The van der Waals surface area contributed by atoms with Crippen molar-refractivity contribution >= 4 is 18.1 Å². The lowest BCUT2D eigenvalue weighted by molar-refractivity contribution is -0.130. The highest BCUT2D eigenvalue weighted by Gasteiger charge is 2.26. The standard InChI is InChI=1S/C10H20N2O2.C10H20N2.C8H16N2O2.C7H14N2O.C7H16N2.2C5H11NO.C4H11N.C3H9N/c1-10(2,3)14-9(13)12-7-5-11(4)6-8-12;1-11-6-8-12(9-7-11)10-4-2-3-5-10;1-3-12-8(11)10-6-4-9(2)5-7-10;1-7(10)9-5-3-8(2)4-6-9;1-3-9-6-4-8(2)5-7-9;2*1-6-3-2-5(7)4-6;1-4-5(2)3;1-4(2)3/h5-8H2,1-4H3;10H,2-9H2,1H3;3-7H2,1-2H3;3-6H2,1-2H3;3-7H2,1-2H3;2*5,7H,2-4H2,1H3;4H2,1-3H3;1-3H3/t;;;;;2*5-;;/m.....10../s1. The fraction of sp³-hybridized carbons (Fsp3) is 0.949. The highest BCUT2D eigenvalue weighted by Crippen LogP contribution is 2.24. The number of amides is 3. The molecule has 0 radical (unpaired) electrons. The third-order valence-electron chi connectivity index (χ3n) is 14.9. The third kappa shape index (κ3) is 41.5. The summed E-state index contributed by atoms with van der Waals surface area (Å²) < 4.78 is 10.2. The summed E-state index contributed by atoms with van der Waals surface area (Å²) in [6, 6.07) is 0.943. The van der Waals surface area contributed by atoms with E-state index in [1.165, 1.54) is 84.6 Å². The number of likely N-dealkylation sites (tertiary alicyclic amines) is 2. The first-order valence-electron chi connectivity index (χ1n) is 30.6. The van der Waals surface area contributed by atoms with E-state index in [2.05, 4.69) is 112 Å². The molecule has 2 N–H and O–H groups in total. The minimum Gasteiger partial charge on any atom is -0.450 e. The van der Waals surface area contributed by atoms with Crippen molar-refractivity contribution in [3.8, 4) is 0 Å². The maximum atomic E-state index is 11.6. The molecule has 8 fully saturated rings. The van der Waals surface area contributed by atoms with Crippen LogP contribution >= 0.6 is 0 Å². The Bertz CT molecular complexity index is 1470. The molecule has 2 atom stereocenters. The number of likely N-dealkylation sites (N-methyl/N-ethyl adjacent to an activating group) is 8. The smallest absolute Gasteiger partial charge is 0.410 e. The van der Waals surface area contributed by atoms with Crippen molar-refractivity contribution in [2.45, 2.75) is 111 Å². The predicted molar refractivity (Wildman–Crippen MR) is 332 cm³/mol. The maximum absolute atomic E-state index is 11.6. The summed E-state index contributed by atoms with van der Waals surface area (Å²) in [5, 5.41) is 17.7. The number of aliphatic hydroxyl groups is 2. The second-order valence-electron chi connectivity index (χ2n) is 24.7. The molecule has 7 aliphatic heterocycles. The zero-order valence-corrected chi connectivity index (χ0v) is 55.3. The van der Waals surface area contributed by atoms with Crippen molar-refractivity contribution in [3.63, 3.8) is 0 Å². The molecule has 7 saturated heterocycles. The molecule has 1 saturated carbocycles. The average molecular weight is 1150 g/mol. The second-order valence-corrected chi connectivity index (χ2v) is 24.7. The Morgan fingerprint density at radius 1 is 0.475 bits per heavy atom. The fourth-order valence-electron chi connectivity index (χ4n) is 9.08. The molecule has 21 heteroatoms. The Hall–Kier alpha value is -2.51. The van der Waals surface area contributed by atoms with Gasteiger partial charge >= 0.3 is 12.2 Å². The summed E-state index contributed by atoms with van der Waals surface area (Å²) in [6.45, 7) is 41.0. The highest BCUT2D eigenvalue weighted by molar-refractivity contribution is 5.73. The Morgan fingerprint density at radius 2 is 0.800 bits per heavy atom. The van der Waals surface area contributed by atoms with Gasteiger partial charge in [-0.1, -0.05) is 26.7 Å². The van der Waals surface area contributed by atoms with Crippen LogP contribution < -0.4 is 0 Å². The molecule has 0 bridgehead atoms. The monoisotopic (exact) mass is 1150 g/mol. The molecule has 21 nitrogen and oxygen atoms in total. The van der Waals surface area contributed by atoms with Gasteiger partial charge in [-0.15, -0.1) is 0 Å². The van der Waals surface area contributed by atoms with Crippen LogP contribution in [0.4, 0.5) is 9.59 Å². The van der Waals surface area contributed by atoms with Crippen LogP contribution in [0.2, 0.25) is 0 Å². The molecule has 80 heavy (non-hydrogen) atoms. The van der Waals surface area contributed by atoms with Gasteiger partial charge in [0.25, 0.3) is 0 Å². The number of hydrogen-bond acceptors (Lipinski definition) is 18. The first-order valence-corrected chi connectivity index (χ1v) is 30.6. The summed E-state index contributed by atoms with van der Waals surface area (Å²) in [4.78, 5) is 64.1. The van der Waals surface area contributed by atoms with Crippen molar-refractivity contribution < 1.29 is 34.1 Å². The lowest BCUT2D eigenvalue weighted by Crippen LogP contribution is -2.48. The van der Waals surface area contributed by atoms with Crippen LogP contribution in [0.15, 0.2) is 0 Å². The summed E-state index contributed by atoms with van der Waals surface area (Å²) >= 11 is 0. The van der Waals surface area contributed by atoms with E-state index in [4.69, 9.17) is 19.7 Å². The normalized spacial score (nSPS) is 23.3. The van der Waals surface area contributed by atoms with E-state index in [-0.39, 0.29) is 35.9 Å². The third-order valence-corrected chi connectivity index (χ3v) is 14.9. The minimum atomic E-state index is -0.388. The summed E-state index contributed by atoms with van der Waals surface area (Å²) in [5.74, 6) is 0.202. The molecule has 3 amide bonds. The van der Waals surface area contributed by atoms with E-state index >= 15 is 0 Å². The van der Waals surface area contributed by atoms with Crippen LogP contribution in [-0.2, 0) is 14.3 Å². The molecule has 0 unspecified atom stereocenters. The number of β-amino-alcohol motifs (C(OH)–C–C–N with tert-alkyl or cyclic N) is 2. The van der Waals surface area contributed by atoms with Crippen LogP contribution in [0.1, 0.15) is 87.0 Å². The minimum absolute atomic E-state index is 0.0509. The largest absolute Gasteiger partial charge is 0.450 e. The summed E-state index contributed by atoms with van der Waals surface area (Å²) in [5.41, 5.74) is -0.388. The topological polar surface area (TPSA) is 155 Å². The SMILES string of the molecule is CC(=O)N1CCN(C)CC1.CCN(C)C.CCN1CCN(C)CC1.CCOC(=O)N1CCN(C)CC1.CN(C)C.CN1CCN(C(=O)OC(C)(C)C)CC1.CN1CCN(C2CCCC2)CC1.CN1CC[C@@H](O)C1.CN1CC[C@H](O)C1. The highest BCUT2D eigenvalue weighted by atomic mass is 16.6. The molecule has 8 aliphatic rings. The fourth-order valence-corrected chi connectivity index (χ4v) is 9.08. The van der Waals surface area contributed by atoms with E-state index < -0.39 is 0 Å². The van der Waals surface area contributed by atoms with Crippen molar-refractivity contribution in [3.05, 3.63) is 0 Å². The van der Waals surface area contributed by atoms with Gasteiger partial charge in [0.1, 0.15) is 5.60 Å². The lowest BCUT2D eigenvalue weighted by Gasteiger charge is -2.36. The maximum Gasteiger partial charge on any atom is 0.410 e. The van der Waals surface area contributed by atoms with Crippen LogP contribution in [-0.4, -0.2) is 382 Å². The van der Waals surface area contributed by atoms with Crippen LogP contribution in [0.3, 0.4) is 0 Å². The van der Waals surface area contributed by atoms with Gasteiger partial charge in [0, 0.05) is 170 Å². The predicted octanol–water partition coefficient (Wildman–Crippen LogP) is 2.88. The number of nitrogens with zero attached hydrogens (tertiary/aromatic N) is 14. The van der Waals surface area contributed by atoms with Gasteiger partial charge in [-0.05, 0) is 151 Å². The number of ether oxygens (including phenoxy) is 2. The van der Waals surface area contributed by atoms with E-state index in [0.29, 0.717) is 6.61 Å². The Balaban J connectivity index is 0.000000896. The second kappa shape index (κ2) is 44.9. The molecular formula is C59H128N14O7.